The molecule has 1 rings (SSSR count). The predicted molar refractivity (Wildman–Crippen MR) is 91.0 cm³/mol. The molecule has 0 aromatic rings. The van der Waals surface area contributed by atoms with Crippen molar-refractivity contribution in [2.75, 3.05) is 13.1 Å². The molecule has 0 saturated carbocycles. The lowest BCUT2D eigenvalue weighted by Crippen LogP contribution is -2.47. The Morgan fingerprint density at radius 1 is 1.18 bits per heavy atom. The largest absolute Gasteiger partial charge is 0.444 e. The summed E-state index contributed by atoms with van der Waals surface area (Å²) in [5.41, 5.74) is -0.452. The molecule has 130 valence electrons. The van der Waals surface area contributed by atoms with Gasteiger partial charge in [-0.2, -0.15) is 0 Å². The minimum atomic E-state index is -1.06. The van der Waals surface area contributed by atoms with E-state index in [2.05, 4.69) is 11.6 Å². The van der Waals surface area contributed by atoms with Crippen LogP contribution < -0.4 is 4.72 Å². The molecule has 1 saturated heterocycles. The van der Waals surface area contributed by atoms with E-state index in [1.807, 2.05) is 41.5 Å². The Kier molecular flexibility index (Phi) is 6.45. The van der Waals surface area contributed by atoms with Crippen molar-refractivity contribution in [3.63, 3.8) is 0 Å². The third-order valence-corrected chi connectivity index (χ3v) is 5.45. The van der Waals surface area contributed by atoms with Gasteiger partial charge in [0.1, 0.15) is 5.60 Å². The standard InChI is InChI=1S/C16H32N2O3S/c1-12(17-22(20)16(5,6)7)13-8-10-18(11-9-13)14(19)21-15(2,3)4/h12-13,17H,8-11H2,1-7H3. The fourth-order valence-electron chi connectivity index (χ4n) is 2.35. The Hall–Kier alpha value is -0.620. The molecule has 22 heavy (non-hydrogen) atoms. The first-order valence-corrected chi connectivity index (χ1v) is 9.21. The number of rotatable bonds is 3. The first kappa shape index (κ1) is 19.4. The summed E-state index contributed by atoms with van der Waals surface area (Å²) < 4.78 is 20.5. The zero-order chi connectivity index (χ0) is 17.1. The summed E-state index contributed by atoms with van der Waals surface area (Å²) in [6, 6.07) is 0.181. The fourth-order valence-corrected chi connectivity index (χ4v) is 3.23. The van der Waals surface area contributed by atoms with Crippen molar-refractivity contribution < 1.29 is 13.7 Å². The van der Waals surface area contributed by atoms with Crippen LogP contribution in [-0.4, -0.2) is 44.7 Å². The van der Waals surface area contributed by atoms with Crippen molar-refractivity contribution in [3.05, 3.63) is 0 Å². The first-order chi connectivity index (χ1) is 9.90. The van der Waals surface area contributed by atoms with Crippen molar-refractivity contribution in [1.82, 2.24) is 9.62 Å². The Balaban J connectivity index is 2.45. The molecule has 1 heterocycles. The summed E-state index contributed by atoms with van der Waals surface area (Å²) >= 11 is 0. The minimum Gasteiger partial charge on any atom is -0.444 e. The van der Waals surface area contributed by atoms with E-state index >= 15 is 0 Å². The highest BCUT2D eigenvalue weighted by Gasteiger charge is 2.31. The Labute approximate surface area is 137 Å². The fraction of sp³-hybridized carbons (Fsp3) is 0.938. The second-order valence-electron chi connectivity index (χ2n) is 8.09. The summed E-state index contributed by atoms with van der Waals surface area (Å²) in [6.45, 7) is 15.0. The van der Waals surface area contributed by atoms with Gasteiger partial charge >= 0.3 is 6.09 Å². The van der Waals surface area contributed by atoms with Gasteiger partial charge in [-0.05, 0) is 67.2 Å². The average molecular weight is 333 g/mol. The van der Waals surface area contributed by atoms with Crippen LogP contribution in [0.3, 0.4) is 0 Å². The quantitative estimate of drug-likeness (QED) is 0.864. The maximum Gasteiger partial charge on any atom is 0.410 e. The Morgan fingerprint density at radius 3 is 2.09 bits per heavy atom. The number of carbonyl (C=O) groups excluding carboxylic acids is 1. The van der Waals surface area contributed by atoms with Gasteiger partial charge in [0.15, 0.2) is 0 Å². The number of likely N-dealkylation sites (tertiary alicyclic amines) is 1. The monoisotopic (exact) mass is 332 g/mol. The molecule has 0 aliphatic carbocycles. The number of piperidine rings is 1. The maximum absolute atomic E-state index is 12.2. The van der Waals surface area contributed by atoms with Crippen LogP contribution in [0.1, 0.15) is 61.3 Å². The van der Waals surface area contributed by atoms with Crippen molar-refractivity contribution in [2.45, 2.75) is 77.7 Å². The summed E-state index contributed by atoms with van der Waals surface area (Å²) in [4.78, 5) is 13.8. The van der Waals surface area contributed by atoms with Crippen molar-refractivity contribution in [1.29, 1.82) is 0 Å². The zero-order valence-corrected chi connectivity index (χ0v) is 15.9. The van der Waals surface area contributed by atoms with E-state index in [0.717, 1.165) is 12.8 Å². The number of amides is 1. The molecule has 1 fully saturated rings. The van der Waals surface area contributed by atoms with Gasteiger partial charge in [-0.3, -0.25) is 0 Å². The van der Waals surface area contributed by atoms with Gasteiger partial charge in [0.25, 0.3) is 0 Å². The molecule has 1 aliphatic rings. The van der Waals surface area contributed by atoms with E-state index in [0.29, 0.717) is 19.0 Å². The number of ether oxygens (including phenoxy) is 1. The zero-order valence-electron chi connectivity index (χ0n) is 15.1. The topological polar surface area (TPSA) is 58.6 Å². The summed E-state index contributed by atoms with van der Waals surface area (Å²) in [5, 5.41) is 0. The van der Waals surface area contributed by atoms with Gasteiger partial charge < -0.3 is 9.64 Å². The Bertz CT molecular complexity index is 405. The summed E-state index contributed by atoms with van der Waals surface area (Å²) in [5.74, 6) is 0.435. The lowest BCUT2D eigenvalue weighted by molar-refractivity contribution is 0.0174. The van der Waals surface area contributed by atoms with Crippen molar-refractivity contribution in [3.8, 4) is 0 Å². The molecule has 1 amide bonds. The van der Waals surface area contributed by atoms with Crippen LogP contribution in [0.5, 0.6) is 0 Å². The van der Waals surface area contributed by atoms with Crippen molar-refractivity contribution >= 4 is 17.1 Å². The molecule has 0 aromatic carbocycles. The molecule has 2 atom stereocenters. The smallest absolute Gasteiger partial charge is 0.410 e. The van der Waals surface area contributed by atoms with Crippen LogP contribution >= 0.6 is 0 Å². The average Bonchev–Trinajstić information content (AvgIpc) is 2.35. The van der Waals surface area contributed by atoms with Crippen LogP contribution in [0.15, 0.2) is 0 Å². The van der Waals surface area contributed by atoms with Crippen LogP contribution in [0.2, 0.25) is 0 Å². The van der Waals surface area contributed by atoms with Gasteiger partial charge in [0.05, 0.1) is 15.7 Å². The number of nitrogens with zero attached hydrogens (tertiary/aromatic N) is 1. The molecule has 6 heteroatoms. The highest BCUT2D eigenvalue weighted by atomic mass is 32.2. The molecule has 0 aromatic heterocycles. The van der Waals surface area contributed by atoms with E-state index in [1.165, 1.54) is 0 Å². The van der Waals surface area contributed by atoms with Gasteiger partial charge in [-0.1, -0.05) is 0 Å². The van der Waals surface area contributed by atoms with Gasteiger partial charge in [-0.25, -0.2) is 13.7 Å². The van der Waals surface area contributed by atoms with Gasteiger partial charge in [0.2, 0.25) is 0 Å². The van der Waals surface area contributed by atoms with E-state index in [1.54, 1.807) is 4.90 Å². The second kappa shape index (κ2) is 7.30. The third kappa shape index (κ3) is 6.24. The number of nitrogens with one attached hydrogen (secondary N) is 1. The molecular formula is C16H32N2O3S. The predicted octanol–water partition coefficient (Wildman–Crippen LogP) is 3.07. The maximum atomic E-state index is 12.2. The highest BCUT2D eigenvalue weighted by molar-refractivity contribution is 7.84. The van der Waals surface area contributed by atoms with E-state index < -0.39 is 16.6 Å². The van der Waals surface area contributed by atoms with Crippen molar-refractivity contribution in [2.24, 2.45) is 5.92 Å². The SMILES string of the molecule is CC(NS(=O)C(C)(C)C)C1CCN(C(=O)OC(C)(C)C)CC1. The number of hydrogen-bond acceptors (Lipinski definition) is 3. The van der Waals surface area contributed by atoms with E-state index in [4.69, 9.17) is 4.74 Å². The lowest BCUT2D eigenvalue weighted by atomic mass is 9.91. The Morgan fingerprint density at radius 2 is 1.68 bits per heavy atom. The molecule has 1 N–H and O–H groups in total. The summed E-state index contributed by atoms with van der Waals surface area (Å²) in [7, 11) is -1.06. The number of hydrogen-bond donors (Lipinski definition) is 1. The van der Waals surface area contributed by atoms with E-state index in [-0.39, 0.29) is 16.9 Å². The lowest BCUT2D eigenvalue weighted by Gasteiger charge is -2.36. The molecule has 1 aliphatic heterocycles. The highest BCUT2D eigenvalue weighted by Crippen LogP contribution is 2.23. The van der Waals surface area contributed by atoms with E-state index in [9.17, 15) is 9.00 Å². The second-order valence-corrected chi connectivity index (χ2v) is 10.1. The summed E-state index contributed by atoms with van der Waals surface area (Å²) in [6.07, 6.45) is 1.59. The van der Waals surface area contributed by atoms with Crippen LogP contribution in [0.25, 0.3) is 0 Å². The molecule has 0 radical (unpaired) electrons. The normalized spacial score (nSPS) is 20.6. The van der Waals surface area contributed by atoms with Crippen LogP contribution in [-0.2, 0) is 15.7 Å². The third-order valence-electron chi connectivity index (χ3n) is 3.75. The molecule has 2 unspecified atom stereocenters. The van der Waals surface area contributed by atoms with Gasteiger partial charge in [0, 0.05) is 19.1 Å². The first-order valence-electron chi connectivity index (χ1n) is 8.06. The minimum absolute atomic E-state index is 0.181. The number of carbonyl (C=O) groups is 1. The van der Waals surface area contributed by atoms with Gasteiger partial charge in [-0.15, -0.1) is 0 Å². The molecular weight excluding hydrogens is 300 g/mol. The molecule has 5 nitrogen and oxygen atoms in total. The van der Waals surface area contributed by atoms with Crippen LogP contribution in [0.4, 0.5) is 4.79 Å². The molecule has 0 bridgehead atoms. The molecule has 0 spiro atoms. The van der Waals surface area contributed by atoms with Crippen LogP contribution in [0, 0.1) is 5.92 Å².